The highest BCUT2D eigenvalue weighted by Crippen LogP contribution is 2.24. The first kappa shape index (κ1) is 15.4. The molecule has 0 radical (unpaired) electrons. The smallest absolute Gasteiger partial charge is 0.265 e. The summed E-state index contributed by atoms with van der Waals surface area (Å²) in [4.78, 5) is 12.2. The highest BCUT2D eigenvalue weighted by Gasteiger charge is 2.17. The second-order valence-corrected chi connectivity index (χ2v) is 4.56. The first-order valence-corrected chi connectivity index (χ1v) is 6.75. The number of nitrogens with zero attached hydrogens (tertiary/aromatic N) is 1. The number of methoxy groups -OCH3 is 1. The van der Waals surface area contributed by atoms with E-state index in [1.165, 1.54) is 7.11 Å². The van der Waals surface area contributed by atoms with Crippen molar-refractivity contribution in [2.45, 2.75) is 13.0 Å². The summed E-state index contributed by atoms with van der Waals surface area (Å²) < 4.78 is 10.8. The lowest BCUT2D eigenvalue weighted by Gasteiger charge is -2.16. The van der Waals surface area contributed by atoms with Gasteiger partial charge >= 0.3 is 0 Å². The van der Waals surface area contributed by atoms with E-state index in [1.807, 2.05) is 12.1 Å². The molecular formula is C17H16N2O3. The number of para-hydroxylation sites is 3. The Labute approximate surface area is 129 Å². The number of hydrogen-bond acceptors (Lipinski definition) is 4. The maximum absolute atomic E-state index is 12.2. The molecule has 0 heterocycles. The lowest BCUT2D eigenvalue weighted by molar-refractivity contribution is -0.122. The van der Waals surface area contributed by atoms with Crippen molar-refractivity contribution in [3.05, 3.63) is 54.1 Å². The van der Waals surface area contributed by atoms with E-state index in [0.717, 1.165) is 0 Å². The van der Waals surface area contributed by atoms with E-state index in [-0.39, 0.29) is 5.91 Å². The zero-order valence-corrected chi connectivity index (χ0v) is 12.4. The molecule has 0 saturated heterocycles. The highest BCUT2D eigenvalue weighted by atomic mass is 16.5. The van der Waals surface area contributed by atoms with Crippen LogP contribution in [0.1, 0.15) is 12.5 Å². The second kappa shape index (κ2) is 7.14. The molecule has 1 amide bonds. The third kappa shape index (κ3) is 3.55. The summed E-state index contributed by atoms with van der Waals surface area (Å²) in [5, 5.41) is 11.8. The van der Waals surface area contributed by atoms with Crippen molar-refractivity contribution in [3.8, 4) is 17.6 Å². The second-order valence-electron chi connectivity index (χ2n) is 4.56. The SMILES string of the molecule is COc1ccccc1NC(=O)[C@H](C)Oc1ccccc1C#N. The molecule has 22 heavy (non-hydrogen) atoms. The Bertz CT molecular complexity index is 707. The average Bonchev–Trinajstić information content (AvgIpc) is 2.55. The van der Waals surface area contributed by atoms with Crippen LogP contribution in [0, 0.1) is 11.3 Å². The number of carbonyl (C=O) groups excluding carboxylic acids is 1. The fourth-order valence-electron chi connectivity index (χ4n) is 1.89. The van der Waals surface area contributed by atoms with E-state index in [4.69, 9.17) is 14.7 Å². The van der Waals surface area contributed by atoms with Crippen LogP contribution in [0.3, 0.4) is 0 Å². The largest absolute Gasteiger partial charge is 0.495 e. The summed E-state index contributed by atoms with van der Waals surface area (Å²) >= 11 is 0. The fraction of sp³-hybridized carbons (Fsp3) is 0.176. The molecule has 5 heteroatoms. The lowest BCUT2D eigenvalue weighted by Crippen LogP contribution is -2.30. The van der Waals surface area contributed by atoms with Gasteiger partial charge in [0.25, 0.3) is 5.91 Å². The Morgan fingerprint density at radius 2 is 1.77 bits per heavy atom. The van der Waals surface area contributed by atoms with Crippen LogP contribution in [0.4, 0.5) is 5.69 Å². The molecule has 2 rings (SSSR count). The van der Waals surface area contributed by atoms with Crippen LogP contribution in [0.2, 0.25) is 0 Å². The lowest BCUT2D eigenvalue weighted by atomic mass is 10.2. The highest BCUT2D eigenvalue weighted by molar-refractivity contribution is 5.95. The maximum Gasteiger partial charge on any atom is 0.265 e. The summed E-state index contributed by atoms with van der Waals surface area (Å²) in [5.41, 5.74) is 0.957. The standard InChI is InChI=1S/C17H16N2O3/c1-12(22-15-9-5-3-7-13(15)11-18)17(20)19-14-8-4-6-10-16(14)21-2/h3-10,12H,1-2H3,(H,19,20)/t12-/m0/s1. The van der Waals surface area contributed by atoms with Crippen molar-refractivity contribution in [2.75, 3.05) is 12.4 Å². The van der Waals surface area contributed by atoms with Gasteiger partial charge in [-0.15, -0.1) is 0 Å². The molecule has 0 aliphatic carbocycles. The van der Waals surface area contributed by atoms with Gasteiger partial charge in [-0.2, -0.15) is 5.26 Å². The van der Waals surface area contributed by atoms with E-state index < -0.39 is 6.10 Å². The van der Waals surface area contributed by atoms with Crippen LogP contribution in [0.15, 0.2) is 48.5 Å². The molecule has 5 nitrogen and oxygen atoms in total. The molecule has 0 aromatic heterocycles. The van der Waals surface area contributed by atoms with Crippen molar-refractivity contribution in [3.63, 3.8) is 0 Å². The number of anilines is 1. The minimum Gasteiger partial charge on any atom is -0.495 e. The molecule has 0 unspecified atom stereocenters. The van der Waals surface area contributed by atoms with Gasteiger partial charge in [-0.05, 0) is 31.2 Å². The van der Waals surface area contributed by atoms with Gasteiger partial charge in [0.2, 0.25) is 0 Å². The number of amides is 1. The number of benzene rings is 2. The summed E-state index contributed by atoms with van der Waals surface area (Å²) in [6, 6.07) is 15.9. The third-order valence-corrected chi connectivity index (χ3v) is 3.05. The minimum atomic E-state index is -0.751. The van der Waals surface area contributed by atoms with E-state index in [0.29, 0.717) is 22.7 Å². The molecule has 112 valence electrons. The monoisotopic (exact) mass is 296 g/mol. The topological polar surface area (TPSA) is 71.3 Å². The molecule has 0 aliphatic rings. The van der Waals surface area contributed by atoms with Crippen LogP contribution >= 0.6 is 0 Å². The summed E-state index contributed by atoms with van der Waals surface area (Å²) in [7, 11) is 1.54. The number of ether oxygens (including phenoxy) is 2. The molecule has 0 spiro atoms. The van der Waals surface area contributed by atoms with Crippen LogP contribution in [-0.4, -0.2) is 19.1 Å². The molecule has 1 N–H and O–H groups in total. The Balaban J connectivity index is 2.08. The maximum atomic E-state index is 12.2. The normalized spacial score (nSPS) is 11.1. The predicted octanol–water partition coefficient (Wildman–Crippen LogP) is 2.97. The van der Waals surface area contributed by atoms with Gasteiger partial charge in [0, 0.05) is 0 Å². The fourth-order valence-corrected chi connectivity index (χ4v) is 1.89. The Kier molecular flexibility index (Phi) is 4.99. The predicted molar refractivity (Wildman–Crippen MR) is 82.9 cm³/mol. The van der Waals surface area contributed by atoms with Gasteiger partial charge < -0.3 is 14.8 Å². The Hall–Kier alpha value is -3.00. The van der Waals surface area contributed by atoms with Crippen LogP contribution in [0.5, 0.6) is 11.5 Å². The van der Waals surface area contributed by atoms with Gasteiger partial charge in [-0.1, -0.05) is 24.3 Å². The average molecular weight is 296 g/mol. The van der Waals surface area contributed by atoms with Gasteiger partial charge in [0.15, 0.2) is 6.10 Å². The van der Waals surface area contributed by atoms with Crippen molar-refractivity contribution in [2.24, 2.45) is 0 Å². The molecule has 2 aromatic carbocycles. The van der Waals surface area contributed by atoms with E-state index in [2.05, 4.69) is 5.32 Å². The number of hydrogen-bond donors (Lipinski definition) is 1. The van der Waals surface area contributed by atoms with E-state index in [1.54, 1.807) is 49.4 Å². The first-order chi connectivity index (χ1) is 10.7. The molecular weight excluding hydrogens is 280 g/mol. The Morgan fingerprint density at radius 1 is 1.14 bits per heavy atom. The summed E-state index contributed by atoms with van der Waals surface area (Å²) in [6.07, 6.45) is -0.751. The number of nitrogens with one attached hydrogen (secondary N) is 1. The zero-order chi connectivity index (χ0) is 15.9. The number of carbonyl (C=O) groups is 1. The first-order valence-electron chi connectivity index (χ1n) is 6.75. The number of rotatable bonds is 5. The number of nitriles is 1. The zero-order valence-electron chi connectivity index (χ0n) is 12.4. The molecule has 2 aromatic rings. The van der Waals surface area contributed by atoms with Gasteiger partial charge in [0.05, 0.1) is 18.4 Å². The van der Waals surface area contributed by atoms with E-state index in [9.17, 15) is 4.79 Å². The molecule has 0 saturated carbocycles. The summed E-state index contributed by atoms with van der Waals surface area (Å²) in [5.74, 6) is 0.630. The van der Waals surface area contributed by atoms with E-state index >= 15 is 0 Å². The van der Waals surface area contributed by atoms with Crippen molar-refractivity contribution in [1.82, 2.24) is 0 Å². The van der Waals surface area contributed by atoms with Crippen LogP contribution in [-0.2, 0) is 4.79 Å². The van der Waals surface area contributed by atoms with Crippen LogP contribution < -0.4 is 14.8 Å². The minimum absolute atomic E-state index is 0.322. The van der Waals surface area contributed by atoms with Crippen LogP contribution in [0.25, 0.3) is 0 Å². The third-order valence-electron chi connectivity index (χ3n) is 3.05. The van der Waals surface area contributed by atoms with Gasteiger partial charge in [-0.3, -0.25) is 4.79 Å². The van der Waals surface area contributed by atoms with Crippen molar-refractivity contribution in [1.29, 1.82) is 5.26 Å². The molecule has 0 bridgehead atoms. The molecule has 0 fully saturated rings. The van der Waals surface area contributed by atoms with Gasteiger partial charge in [0.1, 0.15) is 17.6 Å². The van der Waals surface area contributed by atoms with Crippen molar-refractivity contribution < 1.29 is 14.3 Å². The summed E-state index contributed by atoms with van der Waals surface area (Å²) in [6.45, 7) is 1.62. The van der Waals surface area contributed by atoms with Crippen molar-refractivity contribution >= 4 is 11.6 Å². The molecule has 1 atom stereocenters. The van der Waals surface area contributed by atoms with Gasteiger partial charge in [-0.25, -0.2) is 0 Å². The molecule has 0 aliphatic heterocycles. The quantitative estimate of drug-likeness (QED) is 0.920. The Morgan fingerprint density at radius 3 is 2.45 bits per heavy atom.